The molecule has 1 N–H and O–H groups in total. The summed E-state index contributed by atoms with van der Waals surface area (Å²) in [6, 6.07) is 8.52. The molecule has 0 spiro atoms. The van der Waals surface area contributed by atoms with Gasteiger partial charge in [-0.1, -0.05) is 30.3 Å². The number of carboxylic acids is 1. The Morgan fingerprint density at radius 3 is 2.50 bits per heavy atom. The number of hydrogen-bond acceptors (Lipinski definition) is 4. The highest BCUT2D eigenvalue weighted by molar-refractivity contribution is 5.70. The van der Waals surface area contributed by atoms with E-state index in [1.165, 1.54) is 0 Å². The molecular formula is C11H9F3N4O2. The zero-order valence-electron chi connectivity index (χ0n) is 9.95. The highest BCUT2D eigenvalue weighted by Crippen LogP contribution is 2.27. The molecule has 6 nitrogen and oxygen atoms in total. The second kappa shape index (κ2) is 5.27. The second-order valence-electron chi connectivity index (χ2n) is 3.97. The van der Waals surface area contributed by atoms with Gasteiger partial charge in [0, 0.05) is 5.56 Å². The number of carboxylic acid groups (broad SMARTS) is 1. The predicted octanol–water partition coefficient (Wildman–Crippen LogP) is 1.60. The molecule has 1 unspecified atom stereocenters. The van der Waals surface area contributed by atoms with Crippen molar-refractivity contribution in [2.24, 2.45) is 5.92 Å². The van der Waals surface area contributed by atoms with Crippen molar-refractivity contribution < 1.29 is 23.1 Å². The Hall–Kier alpha value is -2.45. The molecule has 0 aliphatic rings. The molecule has 106 valence electrons. The van der Waals surface area contributed by atoms with E-state index in [1.54, 1.807) is 30.3 Å². The first-order chi connectivity index (χ1) is 9.38. The number of rotatable bonds is 4. The SMILES string of the molecule is O=C(O)C(Cn1nnc(-c2ccccc2)n1)C(F)(F)F. The molecule has 1 heterocycles. The molecule has 1 aromatic heterocycles. The van der Waals surface area contributed by atoms with Gasteiger partial charge < -0.3 is 5.11 Å². The first-order valence-electron chi connectivity index (χ1n) is 5.50. The number of tetrazole rings is 1. The van der Waals surface area contributed by atoms with Crippen LogP contribution in [-0.4, -0.2) is 37.5 Å². The monoisotopic (exact) mass is 286 g/mol. The number of carbonyl (C=O) groups is 1. The topological polar surface area (TPSA) is 80.9 Å². The summed E-state index contributed by atoms with van der Waals surface area (Å²) in [6.07, 6.45) is -4.87. The summed E-state index contributed by atoms with van der Waals surface area (Å²) in [6.45, 7) is -0.918. The zero-order valence-corrected chi connectivity index (χ0v) is 9.95. The fraction of sp³-hybridized carbons (Fsp3) is 0.273. The molecule has 0 radical (unpaired) electrons. The third-order valence-corrected chi connectivity index (χ3v) is 2.52. The molecule has 0 amide bonds. The van der Waals surface area contributed by atoms with Crippen molar-refractivity contribution >= 4 is 5.97 Å². The number of nitrogens with zero attached hydrogens (tertiary/aromatic N) is 4. The van der Waals surface area contributed by atoms with E-state index >= 15 is 0 Å². The lowest BCUT2D eigenvalue weighted by atomic mass is 10.1. The van der Waals surface area contributed by atoms with Gasteiger partial charge in [0.05, 0.1) is 6.54 Å². The third-order valence-electron chi connectivity index (χ3n) is 2.52. The molecule has 0 aliphatic carbocycles. The van der Waals surface area contributed by atoms with Gasteiger partial charge in [-0.2, -0.15) is 18.0 Å². The largest absolute Gasteiger partial charge is 0.481 e. The van der Waals surface area contributed by atoms with Gasteiger partial charge >= 0.3 is 12.1 Å². The van der Waals surface area contributed by atoms with E-state index in [1.807, 2.05) is 0 Å². The molecule has 2 aromatic rings. The normalized spacial score (nSPS) is 13.2. The average Bonchev–Trinajstić information content (AvgIpc) is 2.84. The van der Waals surface area contributed by atoms with E-state index in [9.17, 15) is 18.0 Å². The van der Waals surface area contributed by atoms with Crippen molar-refractivity contribution in [3.05, 3.63) is 30.3 Å². The Morgan fingerprint density at radius 2 is 1.95 bits per heavy atom. The number of hydrogen-bond donors (Lipinski definition) is 1. The maximum atomic E-state index is 12.5. The van der Waals surface area contributed by atoms with Crippen LogP contribution in [0, 0.1) is 5.92 Å². The number of aliphatic carboxylic acids is 1. The van der Waals surface area contributed by atoms with Crippen LogP contribution in [0.5, 0.6) is 0 Å². The van der Waals surface area contributed by atoms with Crippen LogP contribution in [0.2, 0.25) is 0 Å². The van der Waals surface area contributed by atoms with Gasteiger partial charge in [-0.15, -0.1) is 10.2 Å². The second-order valence-corrected chi connectivity index (χ2v) is 3.97. The summed E-state index contributed by atoms with van der Waals surface area (Å²) < 4.78 is 37.5. The Labute approximate surface area is 110 Å². The van der Waals surface area contributed by atoms with Crippen LogP contribution in [0.25, 0.3) is 11.4 Å². The van der Waals surface area contributed by atoms with Gasteiger partial charge in [0.15, 0.2) is 5.92 Å². The van der Waals surface area contributed by atoms with Crippen molar-refractivity contribution in [3.63, 3.8) is 0 Å². The minimum absolute atomic E-state index is 0.136. The van der Waals surface area contributed by atoms with Crippen LogP contribution in [0.4, 0.5) is 13.2 Å². The summed E-state index contributed by atoms with van der Waals surface area (Å²) in [5, 5.41) is 19.4. The van der Waals surface area contributed by atoms with Crippen LogP contribution < -0.4 is 0 Å². The van der Waals surface area contributed by atoms with E-state index in [-0.39, 0.29) is 5.82 Å². The van der Waals surface area contributed by atoms with Crippen LogP contribution in [0.15, 0.2) is 30.3 Å². The van der Waals surface area contributed by atoms with E-state index in [2.05, 4.69) is 15.4 Å². The molecule has 0 bridgehead atoms. The van der Waals surface area contributed by atoms with Crippen LogP contribution >= 0.6 is 0 Å². The molecule has 20 heavy (non-hydrogen) atoms. The quantitative estimate of drug-likeness (QED) is 0.923. The molecule has 1 atom stereocenters. The van der Waals surface area contributed by atoms with Crippen molar-refractivity contribution in [1.82, 2.24) is 20.2 Å². The summed E-state index contributed by atoms with van der Waals surface area (Å²) in [5.41, 5.74) is 0.581. The summed E-state index contributed by atoms with van der Waals surface area (Å²) >= 11 is 0. The average molecular weight is 286 g/mol. The Balaban J connectivity index is 2.19. The van der Waals surface area contributed by atoms with Crippen molar-refractivity contribution in [3.8, 4) is 11.4 Å². The Morgan fingerprint density at radius 1 is 1.30 bits per heavy atom. The van der Waals surface area contributed by atoms with E-state index in [4.69, 9.17) is 5.11 Å². The van der Waals surface area contributed by atoms with Gasteiger partial charge in [0.1, 0.15) is 0 Å². The van der Waals surface area contributed by atoms with Crippen molar-refractivity contribution in [2.75, 3.05) is 0 Å². The molecule has 2 rings (SSSR count). The standard InChI is InChI=1S/C11H9F3N4O2/c12-11(13,14)8(10(19)20)6-18-16-9(15-17-18)7-4-2-1-3-5-7/h1-5,8H,6H2,(H,19,20). The van der Waals surface area contributed by atoms with Gasteiger partial charge in [0.25, 0.3) is 0 Å². The van der Waals surface area contributed by atoms with Gasteiger partial charge in [-0.3, -0.25) is 4.79 Å². The van der Waals surface area contributed by atoms with Gasteiger partial charge in [-0.05, 0) is 5.21 Å². The molecule has 9 heteroatoms. The summed E-state index contributed by atoms with van der Waals surface area (Å²) in [7, 11) is 0. The number of aromatic nitrogens is 4. The number of benzene rings is 1. The molecular weight excluding hydrogens is 277 g/mol. The highest BCUT2D eigenvalue weighted by Gasteiger charge is 2.45. The fourth-order valence-corrected chi connectivity index (χ4v) is 1.51. The Bertz CT molecular complexity index is 597. The van der Waals surface area contributed by atoms with Crippen LogP contribution in [0.1, 0.15) is 0 Å². The van der Waals surface area contributed by atoms with E-state index in [0.29, 0.717) is 10.4 Å². The van der Waals surface area contributed by atoms with Crippen LogP contribution in [0.3, 0.4) is 0 Å². The molecule has 0 aliphatic heterocycles. The smallest absolute Gasteiger partial charge is 0.404 e. The molecule has 0 saturated heterocycles. The summed E-state index contributed by atoms with van der Waals surface area (Å²) in [4.78, 5) is 11.3. The Kier molecular flexibility index (Phi) is 3.68. The zero-order chi connectivity index (χ0) is 14.8. The first kappa shape index (κ1) is 14.0. The van der Waals surface area contributed by atoms with Crippen molar-refractivity contribution in [1.29, 1.82) is 0 Å². The lowest BCUT2D eigenvalue weighted by molar-refractivity contribution is -0.196. The fourth-order valence-electron chi connectivity index (χ4n) is 1.51. The highest BCUT2D eigenvalue weighted by atomic mass is 19.4. The minimum atomic E-state index is -4.87. The number of halogens is 3. The van der Waals surface area contributed by atoms with E-state index in [0.717, 1.165) is 0 Å². The van der Waals surface area contributed by atoms with Gasteiger partial charge in [0.2, 0.25) is 5.82 Å². The lowest BCUT2D eigenvalue weighted by Gasteiger charge is -2.14. The summed E-state index contributed by atoms with van der Waals surface area (Å²) in [5.74, 6) is -4.41. The minimum Gasteiger partial charge on any atom is -0.481 e. The van der Waals surface area contributed by atoms with Crippen molar-refractivity contribution in [2.45, 2.75) is 12.7 Å². The van der Waals surface area contributed by atoms with E-state index < -0.39 is 24.6 Å². The van der Waals surface area contributed by atoms with Gasteiger partial charge in [-0.25, -0.2) is 0 Å². The molecule has 0 saturated carbocycles. The maximum absolute atomic E-state index is 12.5. The maximum Gasteiger partial charge on any atom is 0.404 e. The first-order valence-corrected chi connectivity index (χ1v) is 5.50. The third kappa shape index (κ3) is 3.11. The number of alkyl halides is 3. The predicted molar refractivity (Wildman–Crippen MR) is 60.4 cm³/mol. The lowest BCUT2D eigenvalue weighted by Crippen LogP contribution is -2.34. The van der Waals surface area contributed by atoms with Crippen LogP contribution in [-0.2, 0) is 11.3 Å². The molecule has 1 aromatic carbocycles. The molecule has 0 fully saturated rings.